The first-order valence-electron chi connectivity index (χ1n) is 5.92. The molecule has 104 valence electrons. The molecule has 1 amide bonds. The maximum Gasteiger partial charge on any atom is 0.332 e. The van der Waals surface area contributed by atoms with Gasteiger partial charge in [-0.25, -0.2) is 4.79 Å². The lowest BCUT2D eigenvalue weighted by Crippen LogP contribution is -2.46. The van der Waals surface area contributed by atoms with Crippen LogP contribution in [0, 0.1) is 0 Å². The van der Waals surface area contributed by atoms with Crippen molar-refractivity contribution in [3.05, 3.63) is 29.8 Å². The highest BCUT2D eigenvalue weighted by Gasteiger charge is 2.23. The summed E-state index contributed by atoms with van der Waals surface area (Å²) in [5, 5.41) is 2.57. The van der Waals surface area contributed by atoms with Gasteiger partial charge in [0.15, 0.2) is 6.04 Å². The van der Waals surface area contributed by atoms with E-state index >= 15 is 0 Å². The van der Waals surface area contributed by atoms with Crippen molar-refractivity contribution in [2.24, 2.45) is 5.73 Å². The number of ether oxygens (including phenoxy) is 2. The van der Waals surface area contributed by atoms with E-state index in [-0.39, 0.29) is 13.2 Å². The quantitative estimate of drug-likeness (QED) is 0.567. The minimum Gasteiger partial charge on any atom is -0.496 e. The third kappa shape index (κ3) is 4.26. The zero-order valence-corrected chi connectivity index (χ0v) is 11.0. The summed E-state index contributed by atoms with van der Waals surface area (Å²) in [4.78, 5) is 22.9. The fraction of sp³-hybridized carbons (Fsp3) is 0.385. The van der Waals surface area contributed by atoms with Gasteiger partial charge in [-0.15, -0.1) is 0 Å². The number of methoxy groups -OCH3 is 1. The van der Waals surface area contributed by atoms with E-state index in [1.54, 1.807) is 20.1 Å². The van der Waals surface area contributed by atoms with Crippen molar-refractivity contribution in [2.45, 2.75) is 19.5 Å². The van der Waals surface area contributed by atoms with Crippen LogP contribution >= 0.6 is 0 Å². The first-order valence-corrected chi connectivity index (χ1v) is 5.92. The van der Waals surface area contributed by atoms with Crippen LogP contribution in [-0.4, -0.2) is 31.6 Å². The summed E-state index contributed by atoms with van der Waals surface area (Å²) in [5.74, 6) is -0.656. The molecule has 0 aliphatic heterocycles. The van der Waals surface area contributed by atoms with Gasteiger partial charge in [-0.2, -0.15) is 0 Å². The van der Waals surface area contributed by atoms with Crippen LogP contribution in [0.1, 0.15) is 12.5 Å². The van der Waals surface area contributed by atoms with Gasteiger partial charge in [0.05, 0.1) is 13.7 Å². The van der Waals surface area contributed by atoms with Crippen molar-refractivity contribution in [3.8, 4) is 5.75 Å². The molecule has 6 heteroatoms. The number of carbonyl (C=O) groups is 2. The topological polar surface area (TPSA) is 90.7 Å². The molecule has 1 atom stereocenters. The predicted molar refractivity (Wildman–Crippen MR) is 69.4 cm³/mol. The Morgan fingerprint density at radius 1 is 1.37 bits per heavy atom. The summed E-state index contributed by atoms with van der Waals surface area (Å²) in [6, 6.07) is 5.95. The van der Waals surface area contributed by atoms with Crippen LogP contribution in [0.25, 0.3) is 0 Å². The number of esters is 1. The van der Waals surface area contributed by atoms with Gasteiger partial charge in [-0.3, -0.25) is 4.79 Å². The second-order valence-electron chi connectivity index (χ2n) is 3.76. The molecule has 0 saturated heterocycles. The zero-order chi connectivity index (χ0) is 14.3. The van der Waals surface area contributed by atoms with E-state index in [0.717, 1.165) is 5.56 Å². The molecule has 0 spiro atoms. The molecular weight excluding hydrogens is 248 g/mol. The Kier molecular flexibility index (Phi) is 5.81. The van der Waals surface area contributed by atoms with E-state index in [1.165, 1.54) is 0 Å². The third-order valence-electron chi connectivity index (χ3n) is 2.47. The summed E-state index contributed by atoms with van der Waals surface area (Å²) < 4.78 is 9.82. The van der Waals surface area contributed by atoms with Crippen molar-refractivity contribution < 1.29 is 19.1 Å². The summed E-state index contributed by atoms with van der Waals surface area (Å²) in [5.41, 5.74) is 6.26. The number of para-hydroxylation sites is 1. The maximum atomic E-state index is 11.7. The van der Waals surface area contributed by atoms with Crippen LogP contribution in [0.5, 0.6) is 5.75 Å². The molecule has 0 bridgehead atoms. The van der Waals surface area contributed by atoms with Crippen molar-refractivity contribution >= 4 is 11.9 Å². The summed E-state index contributed by atoms with van der Waals surface area (Å²) in [6.45, 7) is 2.07. The van der Waals surface area contributed by atoms with Crippen LogP contribution in [-0.2, 0) is 20.9 Å². The summed E-state index contributed by atoms with van der Waals surface area (Å²) in [6.07, 6.45) is 0. The standard InChI is InChI=1S/C13H18N2O4/c1-3-19-13(17)11(14)12(16)15-8-9-6-4-5-7-10(9)18-2/h4-7,11H,3,8,14H2,1-2H3,(H,15,16). The second-order valence-corrected chi connectivity index (χ2v) is 3.76. The van der Waals surface area contributed by atoms with Gasteiger partial charge >= 0.3 is 5.97 Å². The van der Waals surface area contributed by atoms with E-state index in [0.29, 0.717) is 5.75 Å². The lowest BCUT2D eigenvalue weighted by atomic mass is 10.2. The Balaban J connectivity index is 2.56. The van der Waals surface area contributed by atoms with Crippen LogP contribution in [0.3, 0.4) is 0 Å². The number of hydrogen-bond acceptors (Lipinski definition) is 5. The van der Waals surface area contributed by atoms with E-state index in [1.807, 2.05) is 18.2 Å². The first kappa shape index (κ1) is 15.0. The highest BCUT2D eigenvalue weighted by atomic mass is 16.5. The predicted octanol–water partition coefficient (Wildman–Crippen LogP) is 0.202. The Hall–Kier alpha value is -2.08. The minimum absolute atomic E-state index is 0.187. The van der Waals surface area contributed by atoms with Gasteiger partial charge in [0.2, 0.25) is 5.91 Å². The average molecular weight is 266 g/mol. The molecule has 0 fully saturated rings. The van der Waals surface area contributed by atoms with Gasteiger partial charge in [0.1, 0.15) is 5.75 Å². The lowest BCUT2D eigenvalue weighted by Gasteiger charge is -2.12. The largest absolute Gasteiger partial charge is 0.496 e. The highest BCUT2D eigenvalue weighted by molar-refractivity contribution is 6.01. The monoisotopic (exact) mass is 266 g/mol. The van der Waals surface area contributed by atoms with Gasteiger partial charge in [0, 0.05) is 12.1 Å². The van der Waals surface area contributed by atoms with Crippen molar-refractivity contribution in [2.75, 3.05) is 13.7 Å². The molecule has 1 rings (SSSR count). The molecule has 1 aromatic carbocycles. The molecule has 0 heterocycles. The smallest absolute Gasteiger partial charge is 0.332 e. The molecule has 0 aliphatic rings. The van der Waals surface area contributed by atoms with Gasteiger partial charge in [0.25, 0.3) is 0 Å². The molecule has 0 radical (unpaired) electrons. The number of hydrogen-bond donors (Lipinski definition) is 2. The van der Waals surface area contributed by atoms with Crippen LogP contribution in [0.2, 0.25) is 0 Å². The Bertz CT molecular complexity index is 448. The fourth-order valence-electron chi connectivity index (χ4n) is 1.48. The average Bonchev–Trinajstić information content (AvgIpc) is 2.44. The SMILES string of the molecule is CCOC(=O)C(N)C(=O)NCc1ccccc1OC. The van der Waals surface area contributed by atoms with Gasteiger partial charge < -0.3 is 20.5 Å². The summed E-state index contributed by atoms with van der Waals surface area (Å²) >= 11 is 0. The normalized spacial score (nSPS) is 11.5. The lowest BCUT2D eigenvalue weighted by molar-refractivity contribution is -0.148. The molecule has 6 nitrogen and oxygen atoms in total. The van der Waals surface area contributed by atoms with Gasteiger partial charge in [-0.1, -0.05) is 18.2 Å². The highest BCUT2D eigenvalue weighted by Crippen LogP contribution is 2.16. The number of nitrogens with one attached hydrogen (secondary N) is 1. The van der Waals surface area contributed by atoms with E-state index < -0.39 is 17.9 Å². The van der Waals surface area contributed by atoms with Crippen molar-refractivity contribution in [1.29, 1.82) is 0 Å². The molecule has 1 aromatic rings. The molecule has 3 N–H and O–H groups in total. The molecule has 1 unspecified atom stereocenters. The Morgan fingerprint density at radius 3 is 2.68 bits per heavy atom. The van der Waals surface area contributed by atoms with Crippen LogP contribution in [0.15, 0.2) is 24.3 Å². The first-order chi connectivity index (χ1) is 9.10. The number of carbonyl (C=O) groups excluding carboxylic acids is 2. The molecular formula is C13H18N2O4. The number of rotatable bonds is 6. The van der Waals surface area contributed by atoms with Gasteiger partial charge in [-0.05, 0) is 13.0 Å². The minimum atomic E-state index is -1.31. The fourth-order valence-corrected chi connectivity index (χ4v) is 1.48. The zero-order valence-electron chi connectivity index (χ0n) is 11.0. The maximum absolute atomic E-state index is 11.7. The molecule has 0 aliphatic carbocycles. The Morgan fingerprint density at radius 2 is 2.05 bits per heavy atom. The van der Waals surface area contributed by atoms with E-state index in [4.69, 9.17) is 10.5 Å². The van der Waals surface area contributed by atoms with Crippen LogP contribution < -0.4 is 15.8 Å². The number of benzene rings is 1. The second kappa shape index (κ2) is 7.38. The Labute approximate surface area is 111 Å². The number of nitrogens with two attached hydrogens (primary N) is 1. The van der Waals surface area contributed by atoms with Crippen molar-refractivity contribution in [1.82, 2.24) is 5.32 Å². The van der Waals surface area contributed by atoms with Crippen molar-refractivity contribution in [3.63, 3.8) is 0 Å². The number of amides is 1. The van der Waals surface area contributed by atoms with E-state index in [2.05, 4.69) is 10.1 Å². The summed E-state index contributed by atoms with van der Waals surface area (Å²) in [7, 11) is 1.55. The van der Waals surface area contributed by atoms with E-state index in [9.17, 15) is 9.59 Å². The molecule has 0 saturated carbocycles. The van der Waals surface area contributed by atoms with Crippen LogP contribution in [0.4, 0.5) is 0 Å². The molecule has 19 heavy (non-hydrogen) atoms. The molecule has 0 aromatic heterocycles. The third-order valence-corrected chi connectivity index (χ3v) is 2.47.